The number of nitrogens with zero attached hydrogens (tertiary/aromatic N) is 4. The van der Waals surface area contributed by atoms with Crippen molar-refractivity contribution in [1.29, 1.82) is 0 Å². The number of anilines is 1. The molecule has 4 heterocycles. The highest BCUT2D eigenvalue weighted by Gasteiger charge is 2.53. The first-order valence-corrected chi connectivity index (χ1v) is 13.4. The molecule has 7 nitrogen and oxygen atoms in total. The molecule has 5 atom stereocenters. The molecular weight excluding hydrogens is 469 g/mol. The summed E-state index contributed by atoms with van der Waals surface area (Å²) < 4.78 is 21.7. The van der Waals surface area contributed by atoms with Crippen molar-refractivity contribution >= 4 is 22.5 Å². The van der Waals surface area contributed by atoms with Crippen LogP contribution in [0.5, 0.6) is 0 Å². The number of fused-ring (bicyclic) bond motifs is 1. The normalized spacial score (nSPS) is 30.6. The summed E-state index contributed by atoms with van der Waals surface area (Å²) in [4.78, 5) is 19.9. The van der Waals surface area contributed by atoms with Gasteiger partial charge in [-0.05, 0) is 85.8 Å². The number of halogens is 1. The van der Waals surface area contributed by atoms with Gasteiger partial charge in [0.1, 0.15) is 12.0 Å². The number of aryl methyl sites for hydroxylation is 2. The molecule has 0 spiro atoms. The Bertz CT molecular complexity index is 1330. The first kappa shape index (κ1) is 24.5. The molecule has 37 heavy (non-hydrogen) atoms. The second-order valence-corrected chi connectivity index (χ2v) is 11.6. The molecule has 8 heteroatoms. The molecule has 6 rings (SSSR count). The molecular formula is C29H36FN5O2. The number of piperidine rings is 1. The van der Waals surface area contributed by atoms with Crippen molar-refractivity contribution in [2.45, 2.75) is 57.2 Å². The molecule has 1 aliphatic carbocycles. The van der Waals surface area contributed by atoms with E-state index in [9.17, 15) is 9.18 Å². The number of hydrogen-bond donors (Lipinski definition) is 1. The highest BCUT2D eigenvalue weighted by molar-refractivity contribution is 5.96. The Morgan fingerprint density at radius 3 is 2.65 bits per heavy atom. The fraction of sp³-hybridized carbons (Fsp3) is 0.552. The van der Waals surface area contributed by atoms with Crippen LogP contribution in [0.25, 0.3) is 10.8 Å². The van der Waals surface area contributed by atoms with E-state index in [2.05, 4.69) is 46.3 Å². The highest BCUT2D eigenvalue weighted by atomic mass is 19.1. The maximum absolute atomic E-state index is 14.5. The van der Waals surface area contributed by atoms with E-state index < -0.39 is 11.7 Å². The lowest BCUT2D eigenvalue weighted by Crippen LogP contribution is -2.55. The van der Waals surface area contributed by atoms with Gasteiger partial charge < -0.3 is 10.1 Å². The summed E-state index contributed by atoms with van der Waals surface area (Å²) in [7, 11) is 1.90. The average Bonchev–Trinajstić information content (AvgIpc) is 3.15. The van der Waals surface area contributed by atoms with E-state index in [1.54, 1.807) is 4.68 Å². The zero-order chi connectivity index (χ0) is 25.9. The van der Waals surface area contributed by atoms with E-state index in [1.807, 2.05) is 38.6 Å². The number of hydrogen-bond acceptors (Lipinski definition) is 5. The van der Waals surface area contributed by atoms with Gasteiger partial charge in [0.15, 0.2) is 0 Å². The Kier molecular flexibility index (Phi) is 6.07. The van der Waals surface area contributed by atoms with Gasteiger partial charge in [0, 0.05) is 36.7 Å². The molecule has 0 unspecified atom stereocenters. The van der Waals surface area contributed by atoms with Gasteiger partial charge in [-0.3, -0.25) is 14.4 Å². The van der Waals surface area contributed by atoms with Gasteiger partial charge in [0.25, 0.3) is 0 Å². The topological polar surface area (TPSA) is 72.3 Å². The third-order valence-corrected chi connectivity index (χ3v) is 9.14. The second-order valence-electron chi connectivity index (χ2n) is 11.6. The molecule has 0 radical (unpaired) electrons. The minimum Gasteiger partial charge on any atom is -0.376 e. The van der Waals surface area contributed by atoms with Gasteiger partial charge in [0.05, 0.1) is 24.9 Å². The fourth-order valence-corrected chi connectivity index (χ4v) is 6.66. The number of ether oxygens (including phenoxy) is 1. The third kappa shape index (κ3) is 4.34. The molecule has 1 aromatic carbocycles. The minimum atomic E-state index is -0.925. The fourth-order valence-electron chi connectivity index (χ4n) is 6.66. The Morgan fingerprint density at radius 1 is 1.19 bits per heavy atom. The van der Waals surface area contributed by atoms with Gasteiger partial charge in [0.2, 0.25) is 5.91 Å². The molecule has 0 bridgehead atoms. The summed E-state index contributed by atoms with van der Waals surface area (Å²) in [6, 6.07) is 6.45. The molecule has 3 aromatic rings. The van der Waals surface area contributed by atoms with Crippen molar-refractivity contribution in [2.24, 2.45) is 18.9 Å². The van der Waals surface area contributed by atoms with Crippen LogP contribution in [0.1, 0.15) is 55.2 Å². The summed E-state index contributed by atoms with van der Waals surface area (Å²) in [6.07, 6.45) is 6.77. The first-order valence-electron chi connectivity index (χ1n) is 13.4. The lowest BCUT2D eigenvalue weighted by molar-refractivity contribution is -0.117. The molecule has 2 aliphatic heterocycles. The number of alkyl halides is 1. The van der Waals surface area contributed by atoms with E-state index in [-0.39, 0.29) is 30.3 Å². The smallest absolute Gasteiger partial charge is 0.229 e. The SMILES string of the molecule is Cc1cc2cnc(NC(=O)[C@H]3[C@@H](C)[C@@H]3c3cnn(C)c3)cc2cc1C1CCN([C@]2(C)COC[C@@H]2F)CC1. The first-order chi connectivity index (χ1) is 17.7. The van der Waals surface area contributed by atoms with E-state index >= 15 is 0 Å². The number of carbonyl (C=O) groups excluding carboxylic acids is 1. The van der Waals surface area contributed by atoms with Crippen LogP contribution in [0.3, 0.4) is 0 Å². The van der Waals surface area contributed by atoms with Gasteiger partial charge >= 0.3 is 0 Å². The number of aromatic nitrogens is 3. The van der Waals surface area contributed by atoms with E-state index in [0.717, 1.165) is 42.3 Å². The Labute approximate surface area is 217 Å². The Balaban J connectivity index is 1.16. The maximum atomic E-state index is 14.5. The van der Waals surface area contributed by atoms with Crippen LogP contribution in [-0.4, -0.2) is 63.6 Å². The van der Waals surface area contributed by atoms with Crippen LogP contribution in [-0.2, 0) is 16.6 Å². The number of carbonyl (C=O) groups is 1. The molecule has 1 amide bonds. The molecule has 2 saturated heterocycles. The van der Waals surface area contributed by atoms with Gasteiger partial charge in [-0.1, -0.05) is 13.0 Å². The van der Waals surface area contributed by atoms with Crippen molar-refractivity contribution in [3.8, 4) is 0 Å². The highest BCUT2D eigenvalue weighted by Crippen LogP contribution is 2.54. The summed E-state index contributed by atoms with van der Waals surface area (Å²) in [5, 5.41) is 9.47. The summed E-state index contributed by atoms with van der Waals surface area (Å²) in [6.45, 7) is 8.69. The zero-order valence-corrected chi connectivity index (χ0v) is 22.1. The number of amides is 1. The van der Waals surface area contributed by atoms with Crippen molar-refractivity contribution in [3.05, 3.63) is 53.5 Å². The lowest BCUT2D eigenvalue weighted by Gasteiger charge is -2.43. The summed E-state index contributed by atoms with van der Waals surface area (Å²) in [5.41, 5.74) is 3.21. The van der Waals surface area contributed by atoms with Crippen molar-refractivity contribution in [1.82, 2.24) is 19.7 Å². The molecule has 3 fully saturated rings. The predicted octanol–water partition coefficient (Wildman–Crippen LogP) is 4.57. The average molecular weight is 506 g/mol. The summed E-state index contributed by atoms with van der Waals surface area (Å²) in [5.74, 6) is 1.48. The van der Waals surface area contributed by atoms with Crippen LogP contribution in [0.2, 0.25) is 0 Å². The van der Waals surface area contributed by atoms with E-state index in [4.69, 9.17) is 4.74 Å². The maximum Gasteiger partial charge on any atom is 0.229 e. The largest absolute Gasteiger partial charge is 0.376 e. The van der Waals surface area contributed by atoms with Crippen LogP contribution in [0, 0.1) is 18.8 Å². The van der Waals surface area contributed by atoms with Crippen molar-refractivity contribution in [3.63, 3.8) is 0 Å². The lowest BCUT2D eigenvalue weighted by atomic mass is 9.83. The quantitative estimate of drug-likeness (QED) is 0.550. The second kappa shape index (κ2) is 9.17. The summed E-state index contributed by atoms with van der Waals surface area (Å²) >= 11 is 0. The number of benzene rings is 1. The number of nitrogens with one attached hydrogen (secondary N) is 1. The molecule has 196 valence electrons. The number of likely N-dealkylation sites (tertiary alicyclic amines) is 1. The zero-order valence-electron chi connectivity index (χ0n) is 22.1. The molecule has 1 saturated carbocycles. The van der Waals surface area contributed by atoms with Gasteiger partial charge in [-0.2, -0.15) is 5.10 Å². The monoisotopic (exact) mass is 505 g/mol. The van der Waals surface area contributed by atoms with Gasteiger partial charge in [-0.25, -0.2) is 9.37 Å². The molecule has 1 N–H and O–H groups in total. The van der Waals surface area contributed by atoms with Crippen molar-refractivity contribution in [2.75, 3.05) is 31.6 Å². The Morgan fingerprint density at radius 2 is 1.97 bits per heavy atom. The van der Waals surface area contributed by atoms with E-state index in [1.165, 1.54) is 11.1 Å². The number of rotatable bonds is 5. The third-order valence-electron chi connectivity index (χ3n) is 9.14. The predicted molar refractivity (Wildman–Crippen MR) is 141 cm³/mol. The van der Waals surface area contributed by atoms with Crippen LogP contribution >= 0.6 is 0 Å². The van der Waals surface area contributed by atoms with Crippen LogP contribution < -0.4 is 5.32 Å². The molecule has 2 aromatic heterocycles. The van der Waals surface area contributed by atoms with Crippen LogP contribution in [0.4, 0.5) is 10.2 Å². The van der Waals surface area contributed by atoms with Crippen LogP contribution in [0.15, 0.2) is 36.8 Å². The van der Waals surface area contributed by atoms with Crippen molar-refractivity contribution < 1.29 is 13.9 Å². The Hall–Kier alpha value is -2.84. The van der Waals surface area contributed by atoms with Gasteiger partial charge in [-0.15, -0.1) is 0 Å². The molecule has 3 aliphatic rings. The minimum absolute atomic E-state index is 0.0171. The number of pyridine rings is 1. The van der Waals surface area contributed by atoms with E-state index in [0.29, 0.717) is 18.3 Å². The standard InChI is InChI=1S/C29H36FN5O2/c1-17-9-21-12-31-25(33-28(36)27-18(2)26(27)22-13-32-34(4)14-22)11-20(21)10-23(17)19-5-7-35(8-6-19)29(3)16-37-15-24(29)30/h9-14,18-19,24,26-27H,5-8,15-16H2,1-4H3,(H,31,33,36)/t18-,24-,26+,27-,29+/m0/s1.